The molecular formula is C20H21BrN2O2. The molecule has 0 aliphatic carbocycles. The van der Waals surface area contributed by atoms with Crippen molar-refractivity contribution in [1.29, 1.82) is 0 Å². The molecule has 2 amide bonds. The lowest BCUT2D eigenvalue weighted by atomic mass is 10.1. The van der Waals surface area contributed by atoms with Crippen LogP contribution in [0.15, 0.2) is 40.9 Å². The van der Waals surface area contributed by atoms with Gasteiger partial charge in [0.05, 0.1) is 5.92 Å². The van der Waals surface area contributed by atoms with E-state index in [1.807, 2.05) is 57.2 Å². The van der Waals surface area contributed by atoms with Gasteiger partial charge in [0, 0.05) is 28.8 Å². The van der Waals surface area contributed by atoms with E-state index in [0.29, 0.717) is 6.54 Å². The van der Waals surface area contributed by atoms with Gasteiger partial charge in [-0.1, -0.05) is 34.1 Å². The van der Waals surface area contributed by atoms with Crippen LogP contribution in [0.2, 0.25) is 0 Å². The third-order valence-electron chi connectivity index (χ3n) is 4.65. The van der Waals surface area contributed by atoms with Crippen molar-refractivity contribution in [2.45, 2.75) is 27.2 Å². The van der Waals surface area contributed by atoms with E-state index in [9.17, 15) is 9.59 Å². The number of nitrogens with zero attached hydrogens (tertiary/aromatic N) is 1. The van der Waals surface area contributed by atoms with Crippen molar-refractivity contribution < 1.29 is 9.59 Å². The van der Waals surface area contributed by atoms with E-state index in [1.54, 1.807) is 4.90 Å². The Labute approximate surface area is 156 Å². The second-order valence-electron chi connectivity index (χ2n) is 6.59. The van der Waals surface area contributed by atoms with Gasteiger partial charge in [-0.05, 0) is 55.7 Å². The average Bonchev–Trinajstić information content (AvgIpc) is 2.92. The lowest BCUT2D eigenvalue weighted by Gasteiger charge is -2.21. The van der Waals surface area contributed by atoms with E-state index < -0.39 is 0 Å². The fourth-order valence-electron chi connectivity index (χ4n) is 3.33. The highest BCUT2D eigenvalue weighted by Gasteiger charge is 2.36. The summed E-state index contributed by atoms with van der Waals surface area (Å²) in [6.45, 7) is 6.36. The van der Waals surface area contributed by atoms with Crippen LogP contribution in [0.3, 0.4) is 0 Å². The molecule has 25 heavy (non-hydrogen) atoms. The van der Waals surface area contributed by atoms with Gasteiger partial charge >= 0.3 is 0 Å². The van der Waals surface area contributed by atoms with Crippen molar-refractivity contribution in [2.75, 3.05) is 16.8 Å². The van der Waals surface area contributed by atoms with Crippen molar-refractivity contribution in [2.24, 2.45) is 5.92 Å². The third-order valence-corrected chi connectivity index (χ3v) is 5.14. The number of nitrogens with one attached hydrogen (secondary N) is 1. The largest absolute Gasteiger partial charge is 0.326 e. The van der Waals surface area contributed by atoms with Crippen LogP contribution in [-0.2, 0) is 9.59 Å². The highest BCUT2D eigenvalue weighted by Crippen LogP contribution is 2.31. The predicted molar refractivity (Wildman–Crippen MR) is 104 cm³/mol. The van der Waals surface area contributed by atoms with Crippen LogP contribution in [0.5, 0.6) is 0 Å². The number of rotatable bonds is 3. The number of halogens is 1. The van der Waals surface area contributed by atoms with Gasteiger partial charge in [0.1, 0.15) is 0 Å². The van der Waals surface area contributed by atoms with Crippen LogP contribution < -0.4 is 10.2 Å². The molecule has 0 bridgehead atoms. The summed E-state index contributed by atoms with van der Waals surface area (Å²) in [7, 11) is 0. The van der Waals surface area contributed by atoms with Crippen LogP contribution in [0.1, 0.15) is 23.1 Å². The summed E-state index contributed by atoms with van der Waals surface area (Å²) in [5.74, 6) is -0.438. The van der Waals surface area contributed by atoms with Crippen LogP contribution >= 0.6 is 15.9 Å². The number of hydrogen-bond acceptors (Lipinski definition) is 2. The van der Waals surface area contributed by atoms with Gasteiger partial charge in [-0.15, -0.1) is 0 Å². The van der Waals surface area contributed by atoms with Gasteiger partial charge in [-0.25, -0.2) is 0 Å². The van der Waals surface area contributed by atoms with E-state index in [2.05, 4.69) is 21.2 Å². The Morgan fingerprint density at radius 3 is 2.44 bits per heavy atom. The van der Waals surface area contributed by atoms with Crippen molar-refractivity contribution >= 4 is 39.1 Å². The maximum absolute atomic E-state index is 12.6. The first kappa shape index (κ1) is 17.7. The Balaban J connectivity index is 1.77. The van der Waals surface area contributed by atoms with Gasteiger partial charge in [0.15, 0.2) is 0 Å². The summed E-state index contributed by atoms with van der Waals surface area (Å²) >= 11 is 3.42. The molecule has 1 N–H and O–H groups in total. The summed E-state index contributed by atoms with van der Waals surface area (Å²) in [6.07, 6.45) is 0.245. The topological polar surface area (TPSA) is 49.4 Å². The summed E-state index contributed by atoms with van der Waals surface area (Å²) in [6, 6.07) is 11.7. The molecule has 3 rings (SSSR count). The van der Waals surface area contributed by atoms with Crippen molar-refractivity contribution in [3.05, 3.63) is 57.6 Å². The van der Waals surface area contributed by atoms with E-state index in [0.717, 1.165) is 32.5 Å². The summed E-state index contributed by atoms with van der Waals surface area (Å²) < 4.78 is 0.972. The molecule has 0 radical (unpaired) electrons. The van der Waals surface area contributed by atoms with E-state index >= 15 is 0 Å². The zero-order valence-electron chi connectivity index (χ0n) is 14.6. The number of benzene rings is 2. The SMILES string of the molecule is Cc1cc(Br)ccc1NC(=O)[C@H]1CC(=O)N(c2c(C)cccc2C)C1. The molecule has 1 heterocycles. The lowest BCUT2D eigenvalue weighted by molar-refractivity contribution is -0.122. The Bertz CT molecular complexity index is 827. The molecule has 2 aromatic carbocycles. The number of amides is 2. The molecular weight excluding hydrogens is 380 g/mol. The minimum atomic E-state index is -0.338. The van der Waals surface area contributed by atoms with E-state index in [-0.39, 0.29) is 24.2 Å². The molecule has 1 aliphatic rings. The summed E-state index contributed by atoms with van der Waals surface area (Å²) in [5, 5.41) is 2.96. The Hall–Kier alpha value is -2.14. The minimum absolute atomic E-state index is 0.00470. The Morgan fingerprint density at radius 2 is 1.80 bits per heavy atom. The molecule has 0 spiro atoms. The standard InChI is InChI=1S/C20H21BrN2O2/c1-12-5-4-6-13(2)19(12)23-11-15(10-18(23)24)20(25)22-17-8-7-16(21)9-14(17)3/h4-9,15H,10-11H2,1-3H3,(H,22,25)/t15-/m0/s1. The van der Waals surface area contributed by atoms with E-state index in [1.165, 1.54) is 0 Å². The number of anilines is 2. The van der Waals surface area contributed by atoms with Crippen LogP contribution in [0, 0.1) is 26.7 Å². The van der Waals surface area contributed by atoms with Gasteiger partial charge in [-0.2, -0.15) is 0 Å². The van der Waals surface area contributed by atoms with Gasteiger partial charge in [-0.3, -0.25) is 9.59 Å². The van der Waals surface area contributed by atoms with Crippen LogP contribution in [0.4, 0.5) is 11.4 Å². The second kappa shape index (κ2) is 7.00. The summed E-state index contributed by atoms with van der Waals surface area (Å²) in [5.41, 5.74) is 4.81. The monoisotopic (exact) mass is 400 g/mol. The fourth-order valence-corrected chi connectivity index (χ4v) is 3.81. The van der Waals surface area contributed by atoms with Gasteiger partial charge in [0.2, 0.25) is 11.8 Å². The molecule has 0 saturated carbocycles. The zero-order valence-corrected chi connectivity index (χ0v) is 16.2. The molecule has 0 aromatic heterocycles. The molecule has 0 unspecified atom stereocenters. The maximum atomic E-state index is 12.6. The predicted octanol–water partition coefficient (Wildman–Crippen LogP) is 4.37. The molecule has 1 atom stereocenters. The highest BCUT2D eigenvalue weighted by atomic mass is 79.9. The minimum Gasteiger partial charge on any atom is -0.326 e. The molecule has 1 fully saturated rings. The molecule has 1 saturated heterocycles. The quantitative estimate of drug-likeness (QED) is 0.831. The first-order chi connectivity index (χ1) is 11.9. The number of para-hydroxylation sites is 1. The molecule has 4 nitrogen and oxygen atoms in total. The molecule has 1 aliphatic heterocycles. The molecule has 2 aromatic rings. The van der Waals surface area contributed by atoms with Crippen molar-refractivity contribution in [3.8, 4) is 0 Å². The summed E-state index contributed by atoms with van der Waals surface area (Å²) in [4.78, 5) is 26.9. The number of carbonyl (C=O) groups is 2. The van der Waals surface area contributed by atoms with Gasteiger partial charge in [0.25, 0.3) is 0 Å². The normalized spacial score (nSPS) is 17.0. The van der Waals surface area contributed by atoms with Crippen LogP contribution in [0.25, 0.3) is 0 Å². The average molecular weight is 401 g/mol. The van der Waals surface area contributed by atoms with Gasteiger partial charge < -0.3 is 10.2 Å². The fraction of sp³-hybridized carbons (Fsp3) is 0.300. The first-order valence-corrected chi connectivity index (χ1v) is 9.09. The smallest absolute Gasteiger partial charge is 0.229 e. The Morgan fingerprint density at radius 1 is 1.12 bits per heavy atom. The first-order valence-electron chi connectivity index (χ1n) is 8.30. The molecule has 130 valence electrons. The number of carbonyl (C=O) groups excluding carboxylic acids is 2. The maximum Gasteiger partial charge on any atom is 0.229 e. The van der Waals surface area contributed by atoms with Crippen LogP contribution in [-0.4, -0.2) is 18.4 Å². The second-order valence-corrected chi connectivity index (χ2v) is 7.51. The number of aryl methyl sites for hydroxylation is 3. The van der Waals surface area contributed by atoms with Crippen molar-refractivity contribution in [1.82, 2.24) is 0 Å². The van der Waals surface area contributed by atoms with E-state index in [4.69, 9.17) is 0 Å². The molecule has 5 heteroatoms. The lowest BCUT2D eigenvalue weighted by Crippen LogP contribution is -2.29. The third kappa shape index (κ3) is 3.61. The zero-order chi connectivity index (χ0) is 18.1. The number of hydrogen-bond donors (Lipinski definition) is 1. The highest BCUT2D eigenvalue weighted by molar-refractivity contribution is 9.10. The van der Waals surface area contributed by atoms with Crippen molar-refractivity contribution in [3.63, 3.8) is 0 Å². The Kier molecular flexibility index (Phi) is 4.95.